The number of hydrazone groups is 1. The smallest absolute Gasteiger partial charge is 0.343 e. The molecule has 4 aromatic carbocycles. The van der Waals surface area contributed by atoms with Crippen LogP contribution in [0.1, 0.15) is 26.3 Å². The number of nitrogens with zero attached hydrogens (tertiary/aromatic N) is 1. The maximum atomic E-state index is 12.7. The molecule has 0 atom stereocenters. The van der Waals surface area contributed by atoms with Gasteiger partial charge in [-0.2, -0.15) is 5.10 Å². The van der Waals surface area contributed by atoms with E-state index >= 15 is 0 Å². The highest BCUT2D eigenvalue weighted by Gasteiger charge is 2.16. The first kappa shape index (κ1) is 27.9. The first-order valence-electron chi connectivity index (χ1n) is 11.9. The Morgan fingerprint density at radius 3 is 1.88 bits per heavy atom. The van der Waals surface area contributed by atoms with Crippen molar-refractivity contribution in [2.45, 2.75) is 4.90 Å². The fourth-order valence-corrected chi connectivity index (χ4v) is 4.31. The number of esters is 2. The van der Waals surface area contributed by atoms with Crippen LogP contribution in [0.4, 0.5) is 0 Å². The molecule has 1 amide bonds. The molecule has 0 saturated carbocycles. The molecule has 40 heavy (non-hydrogen) atoms. The molecule has 0 saturated heterocycles. The summed E-state index contributed by atoms with van der Waals surface area (Å²) in [5.74, 6) is -1.88. The molecule has 10 nitrogen and oxygen atoms in total. The number of amides is 1. The fraction of sp³-hybridized carbons (Fsp3) is 0.0345. The molecular weight excluding hydrogens is 534 g/mol. The van der Waals surface area contributed by atoms with Crippen molar-refractivity contribution in [1.82, 2.24) is 10.1 Å². The number of rotatable bonds is 10. The molecule has 0 heterocycles. The summed E-state index contributed by atoms with van der Waals surface area (Å²) in [7, 11) is -3.88. The number of carbonyl (C=O) groups excluding carboxylic acids is 3. The average Bonchev–Trinajstić information content (AvgIpc) is 2.98. The second-order valence-corrected chi connectivity index (χ2v) is 9.91. The summed E-state index contributed by atoms with van der Waals surface area (Å²) < 4.78 is 37.7. The molecule has 4 aromatic rings. The van der Waals surface area contributed by atoms with E-state index in [9.17, 15) is 22.8 Å². The first-order valence-corrected chi connectivity index (χ1v) is 13.4. The summed E-state index contributed by atoms with van der Waals surface area (Å²) >= 11 is 0. The summed E-state index contributed by atoms with van der Waals surface area (Å²) in [6, 6.07) is 28.5. The van der Waals surface area contributed by atoms with Crippen LogP contribution in [-0.2, 0) is 14.8 Å². The minimum absolute atomic E-state index is 0.00925. The van der Waals surface area contributed by atoms with Gasteiger partial charge in [-0.3, -0.25) is 4.79 Å². The third-order valence-electron chi connectivity index (χ3n) is 5.29. The van der Waals surface area contributed by atoms with E-state index in [-0.39, 0.29) is 27.5 Å². The molecule has 0 aromatic heterocycles. The Balaban J connectivity index is 1.46. The van der Waals surface area contributed by atoms with E-state index in [0.29, 0.717) is 5.56 Å². The van der Waals surface area contributed by atoms with Crippen LogP contribution < -0.4 is 19.6 Å². The van der Waals surface area contributed by atoms with E-state index in [1.54, 1.807) is 78.9 Å². The monoisotopic (exact) mass is 557 g/mol. The van der Waals surface area contributed by atoms with Gasteiger partial charge in [-0.1, -0.05) is 54.6 Å². The van der Waals surface area contributed by atoms with E-state index in [2.05, 4.69) is 15.2 Å². The molecule has 202 valence electrons. The molecule has 11 heteroatoms. The van der Waals surface area contributed by atoms with E-state index in [0.717, 1.165) is 0 Å². The first-order chi connectivity index (χ1) is 19.3. The third kappa shape index (κ3) is 7.69. The van der Waals surface area contributed by atoms with Gasteiger partial charge in [0.05, 0.1) is 28.8 Å². The molecule has 2 N–H and O–H groups in total. The number of sulfonamides is 1. The zero-order chi connectivity index (χ0) is 28.4. The lowest BCUT2D eigenvalue weighted by molar-refractivity contribution is -0.119. The molecule has 0 aliphatic carbocycles. The van der Waals surface area contributed by atoms with E-state index < -0.39 is 34.4 Å². The van der Waals surface area contributed by atoms with Gasteiger partial charge in [0.15, 0.2) is 0 Å². The van der Waals surface area contributed by atoms with Crippen LogP contribution in [0.3, 0.4) is 0 Å². The lowest BCUT2D eigenvalue weighted by Crippen LogP contribution is -2.34. The molecule has 0 unspecified atom stereocenters. The van der Waals surface area contributed by atoms with Crippen LogP contribution in [0.25, 0.3) is 0 Å². The Hall–Kier alpha value is -5.13. The van der Waals surface area contributed by atoms with E-state index in [1.807, 2.05) is 0 Å². The van der Waals surface area contributed by atoms with Crippen molar-refractivity contribution in [3.8, 4) is 11.5 Å². The Kier molecular flexibility index (Phi) is 9.13. The number of ether oxygens (including phenoxy) is 2. The molecule has 0 aliphatic rings. The Morgan fingerprint density at radius 1 is 0.725 bits per heavy atom. The van der Waals surface area contributed by atoms with Crippen LogP contribution in [0.15, 0.2) is 119 Å². The zero-order valence-corrected chi connectivity index (χ0v) is 21.7. The fourth-order valence-electron chi connectivity index (χ4n) is 3.30. The minimum atomic E-state index is -3.88. The van der Waals surface area contributed by atoms with Gasteiger partial charge in [0, 0.05) is 11.6 Å². The van der Waals surface area contributed by atoms with Crippen LogP contribution in [0.5, 0.6) is 11.5 Å². The molecule has 0 fully saturated rings. The summed E-state index contributed by atoms with van der Waals surface area (Å²) in [4.78, 5) is 37.4. The Labute approximate surface area is 230 Å². The van der Waals surface area contributed by atoms with Crippen molar-refractivity contribution in [2.75, 3.05) is 6.54 Å². The Morgan fingerprint density at radius 2 is 1.27 bits per heavy atom. The largest absolute Gasteiger partial charge is 0.423 e. The SMILES string of the molecule is O=C(CNS(=O)(=O)c1ccccc1)N/N=C\c1ccc(OC(=O)c2ccccc2)cc1OC(=O)c1ccccc1. The normalized spacial score (nSPS) is 11.1. The molecule has 0 bridgehead atoms. The summed E-state index contributed by atoms with van der Waals surface area (Å²) in [5.41, 5.74) is 3.11. The van der Waals surface area contributed by atoms with Crippen LogP contribution in [-0.4, -0.2) is 39.0 Å². The van der Waals surface area contributed by atoms with E-state index in [1.165, 1.54) is 36.5 Å². The highest BCUT2D eigenvalue weighted by Crippen LogP contribution is 2.26. The lowest BCUT2D eigenvalue weighted by Gasteiger charge is -2.11. The van der Waals surface area contributed by atoms with Crippen LogP contribution in [0.2, 0.25) is 0 Å². The topological polar surface area (TPSA) is 140 Å². The van der Waals surface area contributed by atoms with Gasteiger partial charge in [0.25, 0.3) is 5.91 Å². The van der Waals surface area contributed by atoms with Crippen molar-refractivity contribution in [1.29, 1.82) is 0 Å². The highest BCUT2D eigenvalue weighted by molar-refractivity contribution is 7.89. The average molecular weight is 558 g/mol. The summed E-state index contributed by atoms with van der Waals surface area (Å²) in [6.45, 7) is -0.557. The van der Waals surface area contributed by atoms with Crippen molar-refractivity contribution < 1.29 is 32.3 Å². The van der Waals surface area contributed by atoms with Gasteiger partial charge in [-0.05, 0) is 48.5 Å². The molecule has 0 spiro atoms. The maximum Gasteiger partial charge on any atom is 0.343 e. The maximum absolute atomic E-state index is 12.7. The van der Waals surface area contributed by atoms with E-state index in [4.69, 9.17) is 9.47 Å². The standard InChI is InChI=1S/C29H23N3O7S/c33-27(20-31-40(36,37)25-14-8-3-9-15-25)32-30-19-23-16-17-24(38-28(34)21-10-4-1-5-11-21)18-26(23)39-29(35)22-12-6-2-7-13-22/h1-19,31H,20H2,(H,32,33)/b30-19-. The molecule has 0 radical (unpaired) electrons. The van der Waals surface area contributed by atoms with Gasteiger partial charge in [-0.15, -0.1) is 0 Å². The third-order valence-corrected chi connectivity index (χ3v) is 6.70. The zero-order valence-electron chi connectivity index (χ0n) is 20.9. The highest BCUT2D eigenvalue weighted by atomic mass is 32.2. The number of nitrogens with one attached hydrogen (secondary N) is 2. The summed E-state index contributed by atoms with van der Waals surface area (Å²) in [6.07, 6.45) is 1.21. The summed E-state index contributed by atoms with van der Waals surface area (Å²) in [5, 5.41) is 3.84. The number of hydrogen-bond acceptors (Lipinski definition) is 8. The predicted octanol–water partition coefficient (Wildman–Crippen LogP) is 3.55. The molecule has 4 rings (SSSR count). The lowest BCUT2D eigenvalue weighted by atomic mass is 10.2. The minimum Gasteiger partial charge on any atom is -0.423 e. The van der Waals surface area contributed by atoms with Gasteiger partial charge < -0.3 is 9.47 Å². The number of benzene rings is 4. The van der Waals surface area contributed by atoms with Gasteiger partial charge in [0.2, 0.25) is 10.0 Å². The molecular formula is C29H23N3O7S. The second-order valence-electron chi connectivity index (χ2n) is 8.14. The predicted molar refractivity (Wildman–Crippen MR) is 147 cm³/mol. The van der Waals surface area contributed by atoms with Crippen molar-refractivity contribution in [3.63, 3.8) is 0 Å². The van der Waals surface area contributed by atoms with Crippen LogP contribution >= 0.6 is 0 Å². The molecule has 0 aliphatic heterocycles. The quantitative estimate of drug-likeness (QED) is 0.132. The van der Waals surface area contributed by atoms with Crippen molar-refractivity contribution in [2.24, 2.45) is 5.10 Å². The van der Waals surface area contributed by atoms with Crippen molar-refractivity contribution >= 4 is 34.1 Å². The van der Waals surface area contributed by atoms with Gasteiger partial charge in [0.1, 0.15) is 11.5 Å². The number of hydrogen-bond donors (Lipinski definition) is 2. The van der Waals surface area contributed by atoms with Gasteiger partial charge >= 0.3 is 11.9 Å². The van der Waals surface area contributed by atoms with Gasteiger partial charge in [-0.25, -0.2) is 28.2 Å². The Bertz CT molecular complexity index is 1630. The second kappa shape index (κ2) is 13.1. The van der Waals surface area contributed by atoms with Crippen molar-refractivity contribution in [3.05, 3.63) is 126 Å². The number of carbonyl (C=O) groups is 3. The van der Waals surface area contributed by atoms with Crippen LogP contribution in [0, 0.1) is 0 Å².